The van der Waals surface area contributed by atoms with E-state index >= 15 is 0 Å². The maximum Gasteiger partial charge on any atom is 0.411 e. The smallest absolute Gasteiger partial charge is 0.411 e. The quantitative estimate of drug-likeness (QED) is 0.543. The third kappa shape index (κ3) is 6.13. The predicted molar refractivity (Wildman–Crippen MR) is 143 cm³/mol. The number of aromatic nitrogens is 3. The van der Waals surface area contributed by atoms with E-state index in [0.717, 1.165) is 19.4 Å². The van der Waals surface area contributed by atoms with Crippen molar-refractivity contribution >= 4 is 29.4 Å². The number of hydrogen-bond donors (Lipinski definition) is 2. The molecule has 2 aromatic rings. The summed E-state index contributed by atoms with van der Waals surface area (Å²) in [6.07, 6.45) is 4.80. The van der Waals surface area contributed by atoms with Gasteiger partial charge in [-0.3, -0.25) is 10.6 Å². The Bertz CT molecular complexity index is 1170. The Morgan fingerprint density at radius 1 is 1.18 bits per heavy atom. The summed E-state index contributed by atoms with van der Waals surface area (Å²) in [5, 5.41) is 5.46. The van der Waals surface area contributed by atoms with Crippen LogP contribution in [0.5, 0.6) is 5.88 Å². The number of nitrogens with zero attached hydrogens (tertiary/aromatic N) is 6. The molecule has 2 aromatic heterocycles. The number of urea groups is 1. The van der Waals surface area contributed by atoms with E-state index in [9.17, 15) is 14.0 Å². The van der Waals surface area contributed by atoms with Gasteiger partial charge in [0.15, 0.2) is 5.82 Å². The van der Waals surface area contributed by atoms with E-state index in [4.69, 9.17) is 9.47 Å². The summed E-state index contributed by atoms with van der Waals surface area (Å²) in [5.74, 6) is 1.56. The molecule has 0 unspecified atom stereocenters. The van der Waals surface area contributed by atoms with Crippen LogP contribution in [0.25, 0.3) is 0 Å². The van der Waals surface area contributed by atoms with Crippen molar-refractivity contribution in [1.29, 1.82) is 0 Å². The lowest BCUT2D eigenvalue weighted by Crippen LogP contribution is -2.55. The second-order valence-corrected chi connectivity index (χ2v) is 10.3. The third-order valence-corrected chi connectivity index (χ3v) is 7.80. The van der Waals surface area contributed by atoms with Crippen molar-refractivity contribution in [3.63, 3.8) is 0 Å². The van der Waals surface area contributed by atoms with Gasteiger partial charge in [0.25, 0.3) is 0 Å². The Morgan fingerprint density at radius 3 is 2.72 bits per heavy atom. The Kier molecular flexibility index (Phi) is 7.96. The average Bonchev–Trinajstić information content (AvgIpc) is 3.49. The molecule has 4 heterocycles. The highest BCUT2D eigenvalue weighted by Crippen LogP contribution is 2.38. The van der Waals surface area contributed by atoms with Crippen molar-refractivity contribution in [3.8, 4) is 5.88 Å². The number of alkyl halides is 1. The summed E-state index contributed by atoms with van der Waals surface area (Å²) in [6, 6.07) is 2.70. The lowest BCUT2D eigenvalue weighted by Gasteiger charge is -2.40. The van der Waals surface area contributed by atoms with Gasteiger partial charge in [-0.1, -0.05) is 0 Å². The zero-order valence-corrected chi connectivity index (χ0v) is 22.4. The monoisotopic (exact) mass is 542 g/mol. The number of nitrogens with one attached hydrogen (secondary N) is 2. The number of fused-ring (bicyclic) bond motifs is 2. The van der Waals surface area contributed by atoms with Crippen LogP contribution in [0.4, 0.5) is 31.3 Å². The topological polar surface area (TPSA) is 125 Å². The first kappa shape index (κ1) is 26.9. The van der Waals surface area contributed by atoms with Gasteiger partial charge in [0.1, 0.15) is 18.1 Å². The van der Waals surface area contributed by atoms with Crippen LogP contribution in [-0.4, -0.2) is 102 Å². The van der Waals surface area contributed by atoms with Crippen molar-refractivity contribution in [1.82, 2.24) is 24.8 Å². The minimum atomic E-state index is -1.21. The zero-order valence-electron chi connectivity index (χ0n) is 22.4. The fourth-order valence-electron chi connectivity index (χ4n) is 5.65. The molecule has 3 fully saturated rings. The van der Waals surface area contributed by atoms with E-state index in [2.05, 4.69) is 37.5 Å². The third-order valence-electron chi connectivity index (χ3n) is 7.80. The first-order valence-corrected chi connectivity index (χ1v) is 13.3. The molecule has 5 rings (SSSR count). The molecule has 12 nitrogen and oxygen atoms in total. The van der Waals surface area contributed by atoms with E-state index in [-0.39, 0.29) is 24.9 Å². The highest BCUT2D eigenvalue weighted by atomic mass is 19.1. The second kappa shape index (κ2) is 11.6. The largest absolute Gasteiger partial charge is 0.477 e. The normalized spacial score (nSPS) is 26.3. The van der Waals surface area contributed by atoms with Crippen molar-refractivity contribution in [2.45, 2.75) is 50.5 Å². The predicted octanol–water partition coefficient (Wildman–Crippen LogP) is 2.99. The molecule has 0 aromatic carbocycles. The molecule has 2 saturated heterocycles. The number of likely N-dealkylation sites (tertiary alicyclic amines) is 1. The number of hydrogen-bond acceptors (Lipinski definition) is 9. The molecule has 3 amide bonds. The van der Waals surface area contributed by atoms with Crippen LogP contribution in [0.2, 0.25) is 0 Å². The van der Waals surface area contributed by atoms with E-state index in [0.29, 0.717) is 42.5 Å². The van der Waals surface area contributed by atoms with Crippen molar-refractivity contribution < 1.29 is 23.5 Å². The Balaban J connectivity index is 1.17. The number of pyridine rings is 1. The summed E-state index contributed by atoms with van der Waals surface area (Å²) in [5.41, 5.74) is 0.546. The van der Waals surface area contributed by atoms with E-state index in [1.54, 1.807) is 25.4 Å². The van der Waals surface area contributed by atoms with Crippen LogP contribution in [0.15, 0.2) is 30.7 Å². The van der Waals surface area contributed by atoms with Crippen molar-refractivity contribution in [3.05, 3.63) is 30.7 Å². The molecule has 39 heavy (non-hydrogen) atoms. The highest BCUT2D eigenvalue weighted by molar-refractivity contribution is 5.88. The first-order chi connectivity index (χ1) is 18.8. The van der Waals surface area contributed by atoms with Gasteiger partial charge in [0.2, 0.25) is 5.88 Å². The van der Waals surface area contributed by atoms with E-state index in [1.165, 1.54) is 17.3 Å². The van der Waals surface area contributed by atoms with Gasteiger partial charge in [0, 0.05) is 63.0 Å². The number of piperidine rings is 2. The summed E-state index contributed by atoms with van der Waals surface area (Å²) in [7, 11) is 3.66. The van der Waals surface area contributed by atoms with E-state index < -0.39 is 24.3 Å². The summed E-state index contributed by atoms with van der Waals surface area (Å²) >= 11 is 0. The molecule has 2 aliphatic heterocycles. The average molecular weight is 543 g/mol. The van der Waals surface area contributed by atoms with E-state index in [1.807, 2.05) is 11.8 Å². The maximum atomic E-state index is 15.0. The molecule has 13 heteroatoms. The summed E-state index contributed by atoms with van der Waals surface area (Å²) in [4.78, 5) is 43.6. The fourth-order valence-corrected chi connectivity index (χ4v) is 5.65. The van der Waals surface area contributed by atoms with Crippen LogP contribution in [0.1, 0.15) is 26.2 Å². The number of likely N-dealkylation sites (N-methyl/N-ethyl adjacent to an activating group) is 1. The van der Waals surface area contributed by atoms with Gasteiger partial charge in [-0.2, -0.15) is 0 Å². The number of carbonyl (C=O) groups is 2. The van der Waals surface area contributed by atoms with Gasteiger partial charge in [-0.05, 0) is 32.9 Å². The maximum absolute atomic E-state index is 15.0. The number of rotatable bonds is 7. The number of carbonyl (C=O) groups excluding carboxylic acids is 2. The van der Waals surface area contributed by atoms with Gasteiger partial charge >= 0.3 is 12.1 Å². The molecule has 1 saturated carbocycles. The summed E-state index contributed by atoms with van der Waals surface area (Å²) in [6.45, 7) is 3.91. The SMILES string of the molecule is CCOc1cnc(NC(=O)N(C)[C@H]2CN(c3cc(NC(=O)O[C@H]4C[C@H]5C[C@@H]4CN5C)ccn3)CC[C@H]2F)cn1. The van der Waals surface area contributed by atoms with Gasteiger partial charge in [-0.25, -0.2) is 28.9 Å². The Morgan fingerprint density at radius 2 is 2.03 bits per heavy atom. The van der Waals surface area contributed by atoms with Crippen molar-refractivity contribution in [2.75, 3.05) is 55.9 Å². The molecular formula is C26H35FN8O4. The molecule has 2 bridgehead atoms. The lowest BCUT2D eigenvalue weighted by atomic mass is 10.0. The van der Waals surface area contributed by atoms with Crippen LogP contribution in [0, 0.1) is 5.92 Å². The highest BCUT2D eigenvalue weighted by Gasteiger charge is 2.45. The number of amides is 3. The molecule has 210 valence electrons. The van der Waals surface area contributed by atoms with Crippen LogP contribution < -0.4 is 20.3 Å². The number of halogens is 1. The van der Waals surface area contributed by atoms with Gasteiger partial charge < -0.3 is 24.2 Å². The molecule has 1 aliphatic carbocycles. The summed E-state index contributed by atoms with van der Waals surface area (Å²) < 4.78 is 25.9. The fraction of sp³-hybridized carbons (Fsp3) is 0.577. The minimum absolute atomic E-state index is 0.0628. The second-order valence-electron chi connectivity index (χ2n) is 10.3. The first-order valence-electron chi connectivity index (χ1n) is 13.3. The van der Waals surface area contributed by atoms with Crippen LogP contribution >= 0.6 is 0 Å². The molecule has 0 spiro atoms. The van der Waals surface area contributed by atoms with Crippen LogP contribution in [0.3, 0.4) is 0 Å². The molecule has 5 atom stereocenters. The Hall–Kier alpha value is -3.74. The Labute approximate surface area is 226 Å². The zero-order chi connectivity index (χ0) is 27.5. The minimum Gasteiger partial charge on any atom is -0.477 e. The lowest BCUT2D eigenvalue weighted by molar-refractivity contribution is 0.0586. The van der Waals surface area contributed by atoms with Gasteiger partial charge in [0.05, 0.1) is 25.0 Å². The number of anilines is 3. The molecule has 0 radical (unpaired) electrons. The van der Waals surface area contributed by atoms with Gasteiger partial charge in [-0.15, -0.1) is 0 Å². The molecule has 3 aliphatic rings. The standard InChI is InChI=1S/C26H35FN8O4/c1-4-38-24-13-29-22(12-30-24)32-25(36)34(3)20-15-35(8-6-19(20)27)23-10-17(5-7-28-23)31-26(37)39-21-11-18-9-16(21)14-33(18)2/h5,7,10,12-13,16,18-21H,4,6,8-9,11,14-15H2,1-3H3,(H,28,31,37)(H,29,32,36)/t16-,18-,19-,20+,21+/m1/s1. The molecule has 2 N–H and O–H groups in total. The number of ether oxygens (including phenoxy) is 2. The van der Waals surface area contributed by atoms with Crippen LogP contribution in [-0.2, 0) is 4.74 Å². The van der Waals surface area contributed by atoms with Crippen molar-refractivity contribution in [2.24, 2.45) is 5.92 Å². The molecular weight excluding hydrogens is 507 g/mol.